The minimum absolute atomic E-state index is 0.122. The summed E-state index contributed by atoms with van der Waals surface area (Å²) in [6.45, 7) is -0.156. The summed E-state index contributed by atoms with van der Waals surface area (Å²) in [6, 6.07) is 10.9. The maximum atomic E-state index is 13.6. The van der Waals surface area contributed by atoms with Gasteiger partial charge >= 0.3 is 0 Å². The fraction of sp³-hybridized carbons (Fsp3) is 0.111. The molecule has 1 N–H and O–H groups in total. The van der Waals surface area contributed by atoms with Crippen molar-refractivity contribution in [2.75, 3.05) is 18.9 Å². The van der Waals surface area contributed by atoms with Gasteiger partial charge in [-0.05, 0) is 42.5 Å². The fourth-order valence-corrected chi connectivity index (χ4v) is 2.33. The largest absolute Gasteiger partial charge is 0.333 e. The molecule has 25 heavy (non-hydrogen) atoms. The van der Waals surface area contributed by atoms with Crippen molar-refractivity contribution < 1.29 is 14.0 Å². The van der Waals surface area contributed by atoms with E-state index < -0.39 is 11.7 Å². The van der Waals surface area contributed by atoms with Crippen LogP contribution in [0.5, 0.6) is 0 Å². The van der Waals surface area contributed by atoms with Crippen LogP contribution in [0.1, 0.15) is 5.56 Å². The molecule has 2 rings (SSSR count). The average molecular weight is 381 g/mol. The number of likely N-dealkylation sites (N-methyl/N-ethyl adjacent to an activating group) is 1. The monoisotopic (exact) mass is 380 g/mol. The van der Waals surface area contributed by atoms with Crippen LogP contribution in [0.15, 0.2) is 48.5 Å². The molecule has 2 amide bonds. The third kappa shape index (κ3) is 5.59. The molecule has 0 spiro atoms. The molecule has 130 valence electrons. The molecular formula is C18H15Cl2FN2O2. The molecule has 0 aliphatic heterocycles. The zero-order chi connectivity index (χ0) is 18.4. The number of amides is 2. The summed E-state index contributed by atoms with van der Waals surface area (Å²) in [6.07, 6.45) is 2.45. The summed E-state index contributed by atoms with van der Waals surface area (Å²) in [5, 5.41) is 3.41. The van der Waals surface area contributed by atoms with Gasteiger partial charge in [-0.1, -0.05) is 29.3 Å². The van der Waals surface area contributed by atoms with Crippen LogP contribution in [0.3, 0.4) is 0 Å². The number of carbonyl (C=O) groups excluding carboxylic acids is 2. The number of anilines is 1. The lowest BCUT2D eigenvalue weighted by molar-refractivity contribution is -0.129. The predicted molar refractivity (Wildman–Crippen MR) is 98.2 cm³/mol. The zero-order valence-electron chi connectivity index (χ0n) is 13.3. The zero-order valence-corrected chi connectivity index (χ0v) is 14.8. The third-order valence-corrected chi connectivity index (χ3v) is 3.86. The van der Waals surface area contributed by atoms with Gasteiger partial charge in [-0.2, -0.15) is 0 Å². The Balaban J connectivity index is 1.94. The van der Waals surface area contributed by atoms with Gasteiger partial charge in [0.05, 0.1) is 11.6 Å². The van der Waals surface area contributed by atoms with Crippen molar-refractivity contribution >= 4 is 46.8 Å². The highest BCUT2D eigenvalue weighted by Crippen LogP contribution is 2.20. The highest BCUT2D eigenvalue weighted by atomic mass is 35.5. The highest BCUT2D eigenvalue weighted by Gasteiger charge is 2.11. The molecule has 0 saturated heterocycles. The molecule has 4 nitrogen and oxygen atoms in total. The number of benzene rings is 2. The third-order valence-electron chi connectivity index (χ3n) is 3.28. The lowest BCUT2D eigenvalue weighted by atomic mass is 10.2. The smallest absolute Gasteiger partial charge is 0.246 e. The number of halogens is 3. The van der Waals surface area contributed by atoms with Gasteiger partial charge in [0.2, 0.25) is 11.8 Å². The van der Waals surface area contributed by atoms with Gasteiger partial charge in [0.25, 0.3) is 0 Å². The molecule has 0 heterocycles. The Morgan fingerprint density at radius 2 is 1.84 bits per heavy atom. The van der Waals surface area contributed by atoms with E-state index in [1.54, 1.807) is 24.3 Å². The summed E-state index contributed by atoms with van der Waals surface area (Å²) in [7, 11) is 1.47. The maximum Gasteiger partial charge on any atom is 0.246 e. The summed E-state index contributed by atoms with van der Waals surface area (Å²) in [5.74, 6) is -1.35. The van der Waals surface area contributed by atoms with Gasteiger partial charge in [0, 0.05) is 29.4 Å². The first-order valence-corrected chi connectivity index (χ1v) is 8.05. The van der Waals surface area contributed by atoms with Gasteiger partial charge in [0.1, 0.15) is 5.82 Å². The minimum atomic E-state index is -0.528. The molecule has 7 heteroatoms. The summed E-state index contributed by atoms with van der Waals surface area (Å²) >= 11 is 11.7. The van der Waals surface area contributed by atoms with Crippen LogP contribution in [-0.4, -0.2) is 30.3 Å². The fourth-order valence-electron chi connectivity index (χ4n) is 1.98. The van der Waals surface area contributed by atoms with E-state index in [1.807, 2.05) is 0 Å². The van der Waals surface area contributed by atoms with E-state index in [1.165, 1.54) is 42.3 Å². The van der Waals surface area contributed by atoms with Crippen LogP contribution >= 0.6 is 23.2 Å². The second-order valence-corrected chi connectivity index (χ2v) is 6.06. The average Bonchev–Trinajstić information content (AvgIpc) is 2.56. The maximum absolute atomic E-state index is 13.6. The van der Waals surface area contributed by atoms with Gasteiger partial charge in [-0.3, -0.25) is 9.59 Å². The van der Waals surface area contributed by atoms with E-state index in [0.717, 1.165) is 0 Å². The molecule has 2 aromatic carbocycles. The van der Waals surface area contributed by atoms with Gasteiger partial charge in [-0.15, -0.1) is 0 Å². The van der Waals surface area contributed by atoms with Crippen LogP contribution in [-0.2, 0) is 9.59 Å². The van der Waals surface area contributed by atoms with Crippen molar-refractivity contribution in [2.24, 2.45) is 0 Å². The van der Waals surface area contributed by atoms with Gasteiger partial charge in [0.15, 0.2) is 0 Å². The van der Waals surface area contributed by atoms with Crippen LogP contribution in [0.25, 0.3) is 6.08 Å². The topological polar surface area (TPSA) is 49.4 Å². The molecule has 0 aromatic heterocycles. The number of rotatable bonds is 5. The van der Waals surface area contributed by atoms with Gasteiger partial charge < -0.3 is 10.2 Å². The first kappa shape index (κ1) is 19.0. The standard InChI is InChI=1S/C18H15Cl2FN2O2/c1-23(11-17(24)22-13-7-5-12(19)6-8-13)18(25)10-9-14-15(20)3-2-4-16(14)21/h2-10H,11H2,1H3,(H,22,24)/b10-9+. The van der Waals surface area contributed by atoms with E-state index in [-0.39, 0.29) is 23.0 Å². The predicted octanol–water partition coefficient (Wildman–Crippen LogP) is 4.24. The second kappa shape index (κ2) is 8.65. The number of hydrogen-bond acceptors (Lipinski definition) is 2. The van der Waals surface area contributed by atoms with Crippen molar-refractivity contribution in [1.29, 1.82) is 0 Å². The lowest BCUT2D eigenvalue weighted by Gasteiger charge is -2.15. The minimum Gasteiger partial charge on any atom is -0.333 e. The molecule has 0 aliphatic rings. The molecule has 0 aliphatic carbocycles. The Morgan fingerprint density at radius 3 is 2.48 bits per heavy atom. The Kier molecular flexibility index (Phi) is 6.56. The molecule has 0 unspecified atom stereocenters. The van der Waals surface area contributed by atoms with Crippen LogP contribution in [0.2, 0.25) is 10.0 Å². The normalized spacial score (nSPS) is 10.7. The van der Waals surface area contributed by atoms with Crippen molar-refractivity contribution in [2.45, 2.75) is 0 Å². The summed E-state index contributed by atoms with van der Waals surface area (Å²) in [4.78, 5) is 25.2. The number of nitrogens with zero attached hydrogens (tertiary/aromatic N) is 1. The molecule has 0 fully saturated rings. The van der Waals surface area contributed by atoms with E-state index in [9.17, 15) is 14.0 Å². The van der Waals surface area contributed by atoms with Crippen LogP contribution in [0, 0.1) is 5.82 Å². The van der Waals surface area contributed by atoms with Crippen molar-refractivity contribution in [1.82, 2.24) is 4.90 Å². The quantitative estimate of drug-likeness (QED) is 0.788. The SMILES string of the molecule is CN(CC(=O)Nc1ccc(Cl)cc1)C(=O)/C=C/c1c(F)cccc1Cl. The van der Waals surface area contributed by atoms with E-state index in [0.29, 0.717) is 10.7 Å². The molecule has 0 atom stereocenters. The van der Waals surface area contributed by atoms with Crippen LogP contribution < -0.4 is 5.32 Å². The molecular weight excluding hydrogens is 366 g/mol. The van der Waals surface area contributed by atoms with Crippen molar-refractivity contribution in [3.63, 3.8) is 0 Å². The second-order valence-electron chi connectivity index (χ2n) is 5.22. The van der Waals surface area contributed by atoms with Crippen LogP contribution in [0.4, 0.5) is 10.1 Å². The Morgan fingerprint density at radius 1 is 1.16 bits per heavy atom. The molecule has 2 aromatic rings. The van der Waals surface area contributed by atoms with E-state index >= 15 is 0 Å². The van der Waals surface area contributed by atoms with E-state index in [4.69, 9.17) is 23.2 Å². The van der Waals surface area contributed by atoms with Crippen molar-refractivity contribution in [3.8, 4) is 0 Å². The highest BCUT2D eigenvalue weighted by molar-refractivity contribution is 6.32. The number of carbonyl (C=O) groups is 2. The Hall–Kier alpha value is -2.37. The van der Waals surface area contributed by atoms with Gasteiger partial charge in [-0.25, -0.2) is 4.39 Å². The Bertz CT molecular complexity index is 787. The Labute approximate surface area is 154 Å². The number of hydrogen-bond donors (Lipinski definition) is 1. The lowest BCUT2D eigenvalue weighted by Crippen LogP contribution is -2.33. The first-order valence-electron chi connectivity index (χ1n) is 7.29. The van der Waals surface area contributed by atoms with E-state index in [2.05, 4.69) is 5.32 Å². The summed E-state index contributed by atoms with van der Waals surface area (Å²) < 4.78 is 13.6. The summed E-state index contributed by atoms with van der Waals surface area (Å²) in [5.41, 5.74) is 0.695. The molecule has 0 bridgehead atoms. The first-order chi connectivity index (χ1) is 11.9. The van der Waals surface area contributed by atoms with Crippen molar-refractivity contribution in [3.05, 3.63) is 70.0 Å². The molecule has 0 radical (unpaired) electrons. The molecule has 0 saturated carbocycles. The number of nitrogens with one attached hydrogen (secondary N) is 1.